The molecule has 3 aromatic rings. The normalized spacial score (nSPS) is 12.1. The van der Waals surface area contributed by atoms with Gasteiger partial charge in [0, 0.05) is 5.38 Å². The number of esters is 1. The number of carboxylic acid groups (broad SMARTS) is 1. The predicted octanol–water partition coefficient (Wildman–Crippen LogP) is 4.61. The lowest BCUT2D eigenvalue weighted by atomic mass is 10.1. The number of fused-ring (bicyclic) bond motifs is 1. The number of thiazole rings is 2. The second kappa shape index (κ2) is 10.2. The largest absolute Gasteiger partial charge is 0.476 e. The van der Waals surface area contributed by atoms with E-state index in [2.05, 4.69) is 21.2 Å². The fourth-order valence-electron chi connectivity index (χ4n) is 2.08. The number of anilines is 1. The summed E-state index contributed by atoms with van der Waals surface area (Å²) in [6.45, 7) is 8.00. The second-order valence-electron chi connectivity index (χ2n) is 7.93. The summed E-state index contributed by atoms with van der Waals surface area (Å²) in [6, 6.07) is 8.11. The summed E-state index contributed by atoms with van der Waals surface area (Å²) in [5, 5.41) is 14.3. The number of benzene rings is 1. The Morgan fingerprint density at radius 2 is 1.88 bits per heavy atom. The molecule has 9 nitrogen and oxygen atoms in total. The molecule has 2 aromatic heterocycles. The van der Waals surface area contributed by atoms with Crippen LogP contribution >= 0.6 is 34.9 Å². The van der Waals surface area contributed by atoms with Crippen LogP contribution in [0.5, 0.6) is 0 Å². The minimum absolute atomic E-state index is 0.0648. The number of aromatic nitrogens is 2. The third-order valence-corrected chi connectivity index (χ3v) is 5.44. The zero-order valence-corrected chi connectivity index (χ0v) is 20.6. The summed E-state index contributed by atoms with van der Waals surface area (Å²) in [6.07, 6.45) is 0. The predicted molar refractivity (Wildman–Crippen MR) is 129 cm³/mol. The van der Waals surface area contributed by atoms with Crippen molar-refractivity contribution in [2.24, 2.45) is 5.16 Å². The van der Waals surface area contributed by atoms with E-state index in [1.807, 2.05) is 18.2 Å². The van der Waals surface area contributed by atoms with Gasteiger partial charge in [0.25, 0.3) is 0 Å². The second-order valence-corrected chi connectivity index (χ2v) is 10.5. The molecular formula is C20H24N4O5S3. The summed E-state index contributed by atoms with van der Waals surface area (Å²) in [5.74, 6) is -2.00. The summed E-state index contributed by atoms with van der Waals surface area (Å²) in [5.41, 5.74) is 4.08. The summed E-state index contributed by atoms with van der Waals surface area (Å²) in [7, 11) is 0. The molecule has 2 heterocycles. The van der Waals surface area contributed by atoms with Crippen molar-refractivity contribution in [1.82, 2.24) is 9.97 Å². The number of para-hydroxylation sites is 1. The number of ether oxygens (including phenoxy) is 1. The number of carboxylic acids is 1. The molecule has 0 saturated carbocycles. The molecule has 0 atom stereocenters. The van der Waals surface area contributed by atoms with Crippen LogP contribution in [0, 0.1) is 3.95 Å². The van der Waals surface area contributed by atoms with Crippen molar-refractivity contribution in [1.29, 1.82) is 0 Å². The van der Waals surface area contributed by atoms with Crippen molar-refractivity contribution in [3.63, 3.8) is 0 Å². The van der Waals surface area contributed by atoms with E-state index in [0.29, 0.717) is 0 Å². The van der Waals surface area contributed by atoms with Crippen molar-refractivity contribution < 1.29 is 24.3 Å². The standard InChI is InChI=1S/C13H19N3O5S.C7H5NS2/c1-12(2,3)20-10(19)13(4,5)21-16-8(9(17)18)7-6-22-11(14)15-7;9-7-8-5-3-1-2-4-6(5)10-7/h6H,1-5H3,(H2,14,15)(H,17,18);1-4H,(H,8,9). The van der Waals surface area contributed by atoms with Crippen LogP contribution < -0.4 is 5.73 Å². The molecule has 3 rings (SSSR count). The maximum Gasteiger partial charge on any atom is 0.360 e. The summed E-state index contributed by atoms with van der Waals surface area (Å²) in [4.78, 5) is 35.2. The van der Waals surface area contributed by atoms with Crippen LogP contribution in [0.1, 0.15) is 40.3 Å². The Kier molecular flexibility index (Phi) is 8.10. The third-order valence-electron chi connectivity index (χ3n) is 3.55. The molecule has 0 amide bonds. The van der Waals surface area contributed by atoms with Crippen molar-refractivity contribution in [2.75, 3.05) is 5.73 Å². The van der Waals surface area contributed by atoms with Crippen LogP contribution in [-0.4, -0.2) is 43.9 Å². The highest BCUT2D eigenvalue weighted by atomic mass is 32.1. The maximum atomic E-state index is 12.0. The van der Waals surface area contributed by atoms with Gasteiger partial charge in [0.1, 0.15) is 11.3 Å². The zero-order valence-electron chi connectivity index (χ0n) is 18.2. The minimum Gasteiger partial charge on any atom is -0.476 e. The van der Waals surface area contributed by atoms with Crippen LogP contribution in [0.25, 0.3) is 10.2 Å². The molecule has 32 heavy (non-hydrogen) atoms. The van der Waals surface area contributed by atoms with Gasteiger partial charge in [-0.25, -0.2) is 14.6 Å². The highest BCUT2D eigenvalue weighted by molar-refractivity contribution is 7.73. The third kappa shape index (κ3) is 7.39. The van der Waals surface area contributed by atoms with Gasteiger partial charge in [-0.1, -0.05) is 17.3 Å². The van der Waals surface area contributed by atoms with E-state index in [-0.39, 0.29) is 10.8 Å². The van der Waals surface area contributed by atoms with Crippen LogP contribution in [0.15, 0.2) is 34.8 Å². The molecular weight excluding hydrogens is 472 g/mol. The lowest BCUT2D eigenvalue weighted by Gasteiger charge is -2.26. The van der Waals surface area contributed by atoms with Gasteiger partial charge >= 0.3 is 11.9 Å². The average molecular weight is 497 g/mol. The maximum absolute atomic E-state index is 12.0. The molecule has 0 bridgehead atoms. The van der Waals surface area contributed by atoms with E-state index in [1.165, 1.54) is 23.9 Å². The van der Waals surface area contributed by atoms with Gasteiger partial charge in [0.2, 0.25) is 11.3 Å². The summed E-state index contributed by atoms with van der Waals surface area (Å²) >= 11 is 7.66. The highest BCUT2D eigenvalue weighted by Gasteiger charge is 2.36. The number of rotatable bonds is 5. The number of nitrogen functional groups attached to an aromatic ring is 1. The lowest BCUT2D eigenvalue weighted by Crippen LogP contribution is -2.40. The van der Waals surface area contributed by atoms with Gasteiger partial charge < -0.3 is 25.4 Å². The molecule has 0 fully saturated rings. The molecule has 0 unspecified atom stereocenters. The van der Waals surface area contributed by atoms with Crippen molar-refractivity contribution in [3.8, 4) is 0 Å². The number of aliphatic carboxylic acids is 1. The number of carbonyl (C=O) groups excluding carboxylic acids is 1. The molecule has 0 radical (unpaired) electrons. The molecule has 0 aliphatic carbocycles. The smallest absolute Gasteiger partial charge is 0.360 e. The number of aromatic amines is 1. The van der Waals surface area contributed by atoms with E-state index in [4.69, 9.17) is 32.6 Å². The molecule has 0 saturated heterocycles. The monoisotopic (exact) mass is 496 g/mol. The zero-order chi connectivity index (χ0) is 24.1. The quantitative estimate of drug-likeness (QED) is 0.201. The molecule has 4 N–H and O–H groups in total. The molecule has 0 aliphatic heterocycles. The first-order valence-corrected chi connectivity index (χ1v) is 11.4. The Morgan fingerprint density at radius 1 is 1.22 bits per heavy atom. The summed E-state index contributed by atoms with van der Waals surface area (Å²) < 4.78 is 7.27. The number of oxime groups is 1. The number of nitrogens with zero attached hydrogens (tertiary/aromatic N) is 2. The van der Waals surface area contributed by atoms with E-state index in [1.54, 1.807) is 32.1 Å². The first-order chi connectivity index (χ1) is 14.8. The SMILES string of the molecule is CC(C)(C)OC(=O)C(C)(C)ON=C(C(=O)O)c1csc(N)n1.S=c1[nH]c2ccccc2s1. The van der Waals surface area contributed by atoms with Gasteiger partial charge in [-0.15, -0.1) is 22.7 Å². The van der Waals surface area contributed by atoms with E-state index in [9.17, 15) is 9.59 Å². The van der Waals surface area contributed by atoms with Crippen molar-refractivity contribution in [3.05, 3.63) is 39.3 Å². The Labute approximate surface area is 197 Å². The van der Waals surface area contributed by atoms with Gasteiger partial charge in [0.15, 0.2) is 9.09 Å². The number of nitrogens with one attached hydrogen (secondary N) is 1. The molecule has 0 aliphatic rings. The minimum atomic E-state index is -1.45. The molecule has 12 heteroatoms. The topological polar surface area (TPSA) is 140 Å². The van der Waals surface area contributed by atoms with Gasteiger partial charge in [-0.3, -0.25) is 0 Å². The van der Waals surface area contributed by atoms with Crippen LogP contribution in [0.3, 0.4) is 0 Å². The Bertz CT molecular complexity index is 1150. The Balaban J connectivity index is 0.000000297. The Morgan fingerprint density at radius 3 is 2.41 bits per heavy atom. The molecule has 172 valence electrons. The van der Waals surface area contributed by atoms with Crippen LogP contribution in [0.4, 0.5) is 5.13 Å². The first-order valence-electron chi connectivity index (χ1n) is 9.30. The van der Waals surface area contributed by atoms with Crippen LogP contribution in [-0.2, 0) is 19.2 Å². The number of nitrogens with two attached hydrogens (primary N) is 1. The number of H-pyrrole nitrogens is 1. The van der Waals surface area contributed by atoms with E-state index in [0.717, 1.165) is 20.8 Å². The number of carbonyl (C=O) groups is 2. The van der Waals surface area contributed by atoms with Gasteiger partial charge in [-0.2, -0.15) is 0 Å². The fourth-order valence-corrected chi connectivity index (χ4v) is 3.75. The van der Waals surface area contributed by atoms with Crippen LogP contribution in [0.2, 0.25) is 0 Å². The number of hydrogen-bond acceptors (Lipinski definition) is 10. The molecule has 1 aromatic carbocycles. The molecule has 0 spiro atoms. The van der Waals surface area contributed by atoms with E-state index >= 15 is 0 Å². The van der Waals surface area contributed by atoms with Gasteiger partial charge in [0.05, 0.1) is 10.2 Å². The first kappa shape index (κ1) is 25.4. The van der Waals surface area contributed by atoms with E-state index < -0.39 is 28.9 Å². The highest BCUT2D eigenvalue weighted by Crippen LogP contribution is 2.19. The fraction of sp³-hybridized carbons (Fsp3) is 0.350. The van der Waals surface area contributed by atoms with Crippen molar-refractivity contribution >= 4 is 67.9 Å². The average Bonchev–Trinajstić information content (AvgIpc) is 3.25. The lowest BCUT2D eigenvalue weighted by molar-refractivity contribution is -0.179. The Hall–Kier alpha value is -2.83. The van der Waals surface area contributed by atoms with Gasteiger partial charge in [-0.05, 0) is 59.0 Å². The number of hydrogen-bond donors (Lipinski definition) is 3. The van der Waals surface area contributed by atoms with Crippen molar-refractivity contribution in [2.45, 2.75) is 45.8 Å².